The number of hydrogen-bond donors (Lipinski definition) is 2. The average molecular weight is 317 g/mol. The van der Waals surface area contributed by atoms with Crippen LogP contribution in [0.2, 0.25) is 0 Å². The normalized spacial score (nSPS) is 10.0. The van der Waals surface area contributed by atoms with Crippen LogP contribution in [-0.4, -0.2) is 30.5 Å². The Balaban J connectivity index is 1.78. The largest absolute Gasteiger partial charge is 0.481 e. The number of carbonyl (C=O) groups excluding carboxylic acids is 2. The molecule has 0 saturated heterocycles. The monoisotopic (exact) mass is 317 g/mol. The van der Waals surface area contributed by atoms with Crippen LogP contribution in [0.5, 0.6) is 5.88 Å². The fraction of sp³-hybridized carbons (Fsp3) is 0.188. The Labute approximate surface area is 132 Å². The van der Waals surface area contributed by atoms with Crippen molar-refractivity contribution in [1.82, 2.24) is 10.3 Å². The van der Waals surface area contributed by atoms with E-state index in [0.717, 1.165) is 0 Å². The molecule has 0 aliphatic rings. The summed E-state index contributed by atoms with van der Waals surface area (Å²) in [6, 6.07) is 9.00. The van der Waals surface area contributed by atoms with Gasteiger partial charge in [-0.05, 0) is 23.8 Å². The molecule has 1 heterocycles. The van der Waals surface area contributed by atoms with E-state index >= 15 is 0 Å². The van der Waals surface area contributed by atoms with Crippen molar-refractivity contribution in [2.24, 2.45) is 0 Å². The maximum Gasteiger partial charge on any atom is 0.243 e. The van der Waals surface area contributed by atoms with E-state index in [-0.39, 0.29) is 24.8 Å². The Hall–Kier alpha value is -2.96. The van der Waals surface area contributed by atoms with E-state index in [2.05, 4.69) is 15.6 Å². The second-order valence-electron chi connectivity index (χ2n) is 4.72. The number of anilines is 1. The average Bonchev–Trinajstić information content (AvgIpc) is 2.54. The molecule has 2 rings (SSSR count). The number of hydrogen-bond acceptors (Lipinski definition) is 4. The van der Waals surface area contributed by atoms with Gasteiger partial charge in [-0.25, -0.2) is 9.37 Å². The fourth-order valence-electron chi connectivity index (χ4n) is 1.85. The van der Waals surface area contributed by atoms with Gasteiger partial charge in [0.1, 0.15) is 5.82 Å². The number of nitrogens with zero attached hydrogens (tertiary/aromatic N) is 1. The van der Waals surface area contributed by atoms with Gasteiger partial charge < -0.3 is 15.4 Å². The third-order valence-corrected chi connectivity index (χ3v) is 2.93. The Morgan fingerprint density at radius 3 is 2.70 bits per heavy atom. The number of pyridine rings is 1. The van der Waals surface area contributed by atoms with E-state index in [1.807, 2.05) is 0 Å². The highest BCUT2D eigenvalue weighted by molar-refractivity contribution is 5.94. The molecule has 1 aromatic carbocycles. The van der Waals surface area contributed by atoms with Crippen molar-refractivity contribution in [3.05, 3.63) is 54.0 Å². The molecule has 0 aliphatic heterocycles. The predicted octanol–water partition coefficient (Wildman–Crippen LogP) is 1.53. The lowest BCUT2D eigenvalue weighted by atomic mass is 10.1. The number of nitrogens with one attached hydrogen (secondary N) is 2. The lowest BCUT2D eigenvalue weighted by Crippen LogP contribution is -2.33. The number of amides is 2. The standard InChI is InChI=1S/C16H16FN3O3/c1-23-16-6-5-13(9-19-16)20-15(22)10-18-14(21)8-11-3-2-4-12(17)7-11/h2-7,9H,8,10H2,1H3,(H,18,21)(H,20,22). The predicted molar refractivity (Wildman–Crippen MR) is 82.5 cm³/mol. The van der Waals surface area contributed by atoms with Crippen LogP contribution in [0.3, 0.4) is 0 Å². The Bertz CT molecular complexity index is 689. The molecule has 0 spiro atoms. The van der Waals surface area contributed by atoms with Gasteiger partial charge in [-0.3, -0.25) is 9.59 Å². The summed E-state index contributed by atoms with van der Waals surface area (Å²) in [5, 5.41) is 5.06. The van der Waals surface area contributed by atoms with Crippen LogP contribution in [-0.2, 0) is 16.0 Å². The first-order valence-electron chi connectivity index (χ1n) is 6.88. The van der Waals surface area contributed by atoms with Crippen LogP contribution in [0.25, 0.3) is 0 Å². The van der Waals surface area contributed by atoms with E-state index < -0.39 is 5.82 Å². The van der Waals surface area contributed by atoms with Crippen LogP contribution in [0.15, 0.2) is 42.6 Å². The second-order valence-corrected chi connectivity index (χ2v) is 4.72. The minimum absolute atomic E-state index is 0.00906. The maximum absolute atomic E-state index is 13.0. The van der Waals surface area contributed by atoms with Crippen LogP contribution >= 0.6 is 0 Å². The molecule has 0 bridgehead atoms. The van der Waals surface area contributed by atoms with E-state index in [1.54, 1.807) is 18.2 Å². The van der Waals surface area contributed by atoms with E-state index in [4.69, 9.17) is 4.74 Å². The lowest BCUT2D eigenvalue weighted by molar-refractivity contribution is -0.123. The molecule has 0 unspecified atom stereocenters. The molecular weight excluding hydrogens is 301 g/mol. The second kappa shape index (κ2) is 7.88. The summed E-state index contributed by atoms with van der Waals surface area (Å²) < 4.78 is 17.9. The van der Waals surface area contributed by atoms with Crippen molar-refractivity contribution in [2.45, 2.75) is 6.42 Å². The van der Waals surface area contributed by atoms with Crippen molar-refractivity contribution in [1.29, 1.82) is 0 Å². The van der Waals surface area contributed by atoms with Gasteiger partial charge in [0.25, 0.3) is 0 Å². The highest BCUT2D eigenvalue weighted by Crippen LogP contribution is 2.10. The van der Waals surface area contributed by atoms with Gasteiger partial charge >= 0.3 is 0 Å². The van der Waals surface area contributed by atoms with E-state index in [1.165, 1.54) is 31.5 Å². The topological polar surface area (TPSA) is 80.3 Å². The first kappa shape index (κ1) is 16.4. The minimum atomic E-state index is -0.403. The molecule has 0 aliphatic carbocycles. The molecule has 120 valence electrons. The number of benzene rings is 1. The van der Waals surface area contributed by atoms with Crippen molar-refractivity contribution >= 4 is 17.5 Å². The Morgan fingerprint density at radius 1 is 1.22 bits per heavy atom. The Morgan fingerprint density at radius 2 is 2.04 bits per heavy atom. The summed E-state index contributed by atoms with van der Waals surface area (Å²) in [5.41, 5.74) is 1.04. The molecule has 23 heavy (non-hydrogen) atoms. The quantitative estimate of drug-likeness (QED) is 0.846. The summed E-state index contributed by atoms with van der Waals surface area (Å²) in [6.45, 7) is -0.180. The van der Waals surface area contributed by atoms with Gasteiger partial charge in [-0.2, -0.15) is 0 Å². The molecular formula is C16H16FN3O3. The summed E-state index contributed by atoms with van der Waals surface area (Å²) >= 11 is 0. The summed E-state index contributed by atoms with van der Waals surface area (Å²) in [5.74, 6) is -0.713. The number of aromatic nitrogens is 1. The number of carbonyl (C=O) groups is 2. The molecule has 0 saturated carbocycles. The first-order chi connectivity index (χ1) is 11.1. The van der Waals surface area contributed by atoms with Gasteiger partial charge in [-0.1, -0.05) is 12.1 Å². The molecule has 1 aromatic heterocycles. The summed E-state index contributed by atoms with van der Waals surface area (Å²) in [7, 11) is 1.49. The molecule has 2 aromatic rings. The van der Waals surface area contributed by atoms with Gasteiger partial charge in [0.05, 0.1) is 32.0 Å². The van der Waals surface area contributed by atoms with Gasteiger partial charge in [0.2, 0.25) is 17.7 Å². The van der Waals surface area contributed by atoms with Crippen LogP contribution < -0.4 is 15.4 Å². The highest BCUT2D eigenvalue weighted by atomic mass is 19.1. The molecule has 2 N–H and O–H groups in total. The van der Waals surface area contributed by atoms with E-state index in [0.29, 0.717) is 17.1 Å². The van der Waals surface area contributed by atoms with Crippen LogP contribution in [0.1, 0.15) is 5.56 Å². The lowest BCUT2D eigenvalue weighted by Gasteiger charge is -2.07. The van der Waals surface area contributed by atoms with Gasteiger partial charge in [-0.15, -0.1) is 0 Å². The van der Waals surface area contributed by atoms with Crippen molar-refractivity contribution in [3.63, 3.8) is 0 Å². The number of halogens is 1. The van der Waals surface area contributed by atoms with Crippen LogP contribution in [0.4, 0.5) is 10.1 Å². The summed E-state index contributed by atoms with van der Waals surface area (Å²) in [6.07, 6.45) is 1.46. The Kier molecular flexibility index (Phi) is 5.62. The molecule has 7 heteroatoms. The van der Waals surface area contributed by atoms with Crippen molar-refractivity contribution in [3.8, 4) is 5.88 Å². The van der Waals surface area contributed by atoms with Crippen LogP contribution in [0, 0.1) is 5.82 Å². The zero-order chi connectivity index (χ0) is 16.7. The maximum atomic E-state index is 13.0. The molecule has 0 radical (unpaired) electrons. The van der Waals surface area contributed by atoms with Crippen molar-refractivity contribution < 1.29 is 18.7 Å². The first-order valence-corrected chi connectivity index (χ1v) is 6.88. The molecule has 6 nitrogen and oxygen atoms in total. The van der Waals surface area contributed by atoms with Gasteiger partial charge in [0, 0.05) is 6.07 Å². The zero-order valence-corrected chi connectivity index (χ0v) is 12.5. The molecule has 2 amide bonds. The SMILES string of the molecule is COc1ccc(NC(=O)CNC(=O)Cc2cccc(F)c2)cn1. The summed E-state index contributed by atoms with van der Waals surface area (Å²) in [4.78, 5) is 27.4. The minimum Gasteiger partial charge on any atom is -0.481 e. The number of rotatable bonds is 6. The van der Waals surface area contributed by atoms with Crippen molar-refractivity contribution in [2.75, 3.05) is 19.0 Å². The number of methoxy groups -OCH3 is 1. The third kappa shape index (κ3) is 5.39. The fourth-order valence-corrected chi connectivity index (χ4v) is 1.85. The number of ether oxygens (including phenoxy) is 1. The zero-order valence-electron chi connectivity index (χ0n) is 12.5. The molecule has 0 atom stereocenters. The third-order valence-electron chi connectivity index (χ3n) is 2.93. The van der Waals surface area contributed by atoms with E-state index in [9.17, 15) is 14.0 Å². The molecule has 0 fully saturated rings. The van der Waals surface area contributed by atoms with Gasteiger partial charge in [0.15, 0.2) is 0 Å². The smallest absolute Gasteiger partial charge is 0.243 e. The highest BCUT2D eigenvalue weighted by Gasteiger charge is 2.08.